The average Bonchev–Trinajstić information content (AvgIpc) is 3.16. The lowest BCUT2D eigenvalue weighted by Gasteiger charge is -2.36. The van der Waals surface area contributed by atoms with Crippen molar-refractivity contribution in [3.05, 3.63) is 41.3 Å². The van der Waals surface area contributed by atoms with Crippen LogP contribution in [0.5, 0.6) is 5.75 Å². The van der Waals surface area contributed by atoms with Gasteiger partial charge in [0, 0.05) is 30.3 Å². The Kier molecular flexibility index (Phi) is 7.92. The molecule has 194 valence electrons. The summed E-state index contributed by atoms with van der Waals surface area (Å²) in [5, 5.41) is 20.8. The van der Waals surface area contributed by atoms with Gasteiger partial charge in [-0.3, -0.25) is 0 Å². The Morgan fingerprint density at radius 2 is 2.03 bits per heavy atom. The Bertz CT molecular complexity index is 1170. The van der Waals surface area contributed by atoms with E-state index in [1.54, 1.807) is 7.05 Å². The maximum absolute atomic E-state index is 10.0. The molecule has 0 spiro atoms. The minimum absolute atomic E-state index is 0.187. The zero-order valence-corrected chi connectivity index (χ0v) is 22.0. The molecule has 1 fully saturated rings. The summed E-state index contributed by atoms with van der Waals surface area (Å²) in [6, 6.07) is 7.86. The molecule has 0 bridgehead atoms. The van der Waals surface area contributed by atoms with E-state index in [9.17, 15) is 5.11 Å². The van der Waals surface area contributed by atoms with Gasteiger partial charge in [-0.1, -0.05) is 17.3 Å². The Hall–Kier alpha value is -3.01. The summed E-state index contributed by atoms with van der Waals surface area (Å²) in [6.07, 6.45) is 1.19. The Labute approximate surface area is 212 Å². The van der Waals surface area contributed by atoms with Crippen molar-refractivity contribution < 1.29 is 19.1 Å². The fourth-order valence-corrected chi connectivity index (χ4v) is 4.61. The van der Waals surface area contributed by atoms with Crippen molar-refractivity contribution in [2.45, 2.75) is 65.2 Å². The summed E-state index contributed by atoms with van der Waals surface area (Å²) in [5.74, 6) is 2.72. The minimum Gasteiger partial charge on any atom is -0.491 e. The number of aryl methyl sites for hydroxylation is 2. The van der Waals surface area contributed by atoms with E-state index in [0.29, 0.717) is 30.5 Å². The molecule has 1 aliphatic rings. The molecule has 0 radical (unpaired) electrons. The van der Waals surface area contributed by atoms with E-state index in [2.05, 4.69) is 29.6 Å². The molecule has 0 saturated carbocycles. The minimum atomic E-state index is -0.597. The molecule has 1 aromatic carbocycles. The molecular formula is C27H37N5O4. The van der Waals surface area contributed by atoms with Crippen LogP contribution in [0.4, 0.5) is 5.82 Å². The van der Waals surface area contributed by atoms with Crippen molar-refractivity contribution in [1.82, 2.24) is 20.4 Å². The smallest absolute Gasteiger partial charge is 0.162 e. The van der Waals surface area contributed by atoms with Crippen LogP contribution in [-0.4, -0.2) is 64.8 Å². The topological polar surface area (TPSA) is 115 Å². The highest BCUT2D eigenvalue weighted by molar-refractivity contribution is 5.74. The zero-order valence-electron chi connectivity index (χ0n) is 22.0. The molecule has 1 saturated heterocycles. The lowest BCUT2D eigenvalue weighted by molar-refractivity contribution is -0.0553. The molecule has 3 N–H and O–H groups in total. The number of aliphatic hydroxyl groups is 1. The lowest BCUT2D eigenvalue weighted by Crippen LogP contribution is -2.40. The third kappa shape index (κ3) is 6.03. The van der Waals surface area contributed by atoms with E-state index in [1.165, 1.54) is 0 Å². The molecule has 3 heterocycles. The van der Waals surface area contributed by atoms with Crippen molar-refractivity contribution in [3.8, 4) is 28.4 Å². The molecule has 9 heteroatoms. The third-order valence-electron chi connectivity index (χ3n) is 6.43. The molecule has 1 aliphatic heterocycles. The number of benzene rings is 1. The standard InChI is InChI=1S/C27H37N5O4/c1-16-24(23-17(2)32-36-18(23)3)30-26(31-25(16)29-20-10-11-35-27(4,5)13-20)19-8-7-9-22(12-19)34-15-21(33)14-28-6/h7-9,12,20-21,28,33H,10-11,13-15H2,1-6H3,(H,29,30,31). The number of ether oxygens (including phenoxy) is 2. The highest BCUT2D eigenvalue weighted by Crippen LogP contribution is 2.35. The summed E-state index contributed by atoms with van der Waals surface area (Å²) >= 11 is 0. The van der Waals surface area contributed by atoms with Crippen LogP contribution < -0.4 is 15.4 Å². The Balaban J connectivity index is 1.72. The molecule has 4 rings (SSSR count). The van der Waals surface area contributed by atoms with Gasteiger partial charge in [0.05, 0.1) is 22.6 Å². The second-order valence-corrected chi connectivity index (χ2v) is 10.1. The first-order chi connectivity index (χ1) is 17.2. The average molecular weight is 496 g/mol. The van der Waals surface area contributed by atoms with Crippen molar-refractivity contribution in [2.24, 2.45) is 0 Å². The van der Waals surface area contributed by atoms with E-state index < -0.39 is 6.10 Å². The number of anilines is 1. The van der Waals surface area contributed by atoms with Crippen LogP contribution in [0.3, 0.4) is 0 Å². The summed E-state index contributed by atoms with van der Waals surface area (Å²) < 4.78 is 17.2. The number of hydrogen-bond acceptors (Lipinski definition) is 9. The predicted octanol–water partition coefficient (Wildman–Crippen LogP) is 4.05. The summed E-state index contributed by atoms with van der Waals surface area (Å²) in [6.45, 7) is 11.4. The molecular weight excluding hydrogens is 458 g/mol. The maximum atomic E-state index is 10.0. The molecule has 9 nitrogen and oxygen atoms in total. The number of aliphatic hydroxyl groups excluding tert-OH is 1. The maximum Gasteiger partial charge on any atom is 0.162 e. The first-order valence-electron chi connectivity index (χ1n) is 12.4. The van der Waals surface area contributed by atoms with Gasteiger partial charge in [-0.2, -0.15) is 0 Å². The highest BCUT2D eigenvalue weighted by Gasteiger charge is 2.30. The number of hydrogen-bond donors (Lipinski definition) is 3. The van der Waals surface area contributed by atoms with Crippen LogP contribution >= 0.6 is 0 Å². The van der Waals surface area contributed by atoms with Crippen molar-refractivity contribution in [1.29, 1.82) is 0 Å². The summed E-state index contributed by atoms with van der Waals surface area (Å²) in [7, 11) is 1.79. The highest BCUT2D eigenvalue weighted by atomic mass is 16.5. The molecule has 36 heavy (non-hydrogen) atoms. The number of nitrogens with zero attached hydrogens (tertiary/aromatic N) is 3. The SMILES string of the molecule is CNCC(O)COc1cccc(-c2nc(NC3CCOC(C)(C)C3)c(C)c(-c3c(C)noc3C)n2)c1. The molecule has 2 atom stereocenters. The molecule has 3 aromatic rings. The first-order valence-corrected chi connectivity index (χ1v) is 12.4. The number of aromatic nitrogens is 3. The third-order valence-corrected chi connectivity index (χ3v) is 6.43. The molecule has 2 unspecified atom stereocenters. The van der Waals surface area contributed by atoms with Crippen LogP contribution in [0, 0.1) is 20.8 Å². The largest absolute Gasteiger partial charge is 0.491 e. The first kappa shape index (κ1) is 26.1. The van der Waals surface area contributed by atoms with Crippen LogP contribution in [0.1, 0.15) is 43.7 Å². The van der Waals surface area contributed by atoms with Gasteiger partial charge in [0.2, 0.25) is 0 Å². The van der Waals surface area contributed by atoms with Gasteiger partial charge in [-0.15, -0.1) is 0 Å². The monoisotopic (exact) mass is 495 g/mol. The molecule has 0 amide bonds. The molecule has 2 aromatic heterocycles. The fraction of sp³-hybridized carbons (Fsp3) is 0.519. The van der Waals surface area contributed by atoms with Crippen molar-refractivity contribution >= 4 is 5.82 Å². The van der Waals surface area contributed by atoms with Gasteiger partial charge >= 0.3 is 0 Å². The quantitative estimate of drug-likeness (QED) is 0.404. The van der Waals surface area contributed by atoms with E-state index in [1.807, 2.05) is 45.0 Å². The second kappa shape index (κ2) is 10.9. The van der Waals surface area contributed by atoms with Crippen LogP contribution in [0.25, 0.3) is 22.6 Å². The van der Waals surface area contributed by atoms with Crippen molar-refractivity contribution in [2.75, 3.05) is 32.1 Å². The number of nitrogens with one attached hydrogen (secondary N) is 2. The lowest BCUT2D eigenvalue weighted by atomic mass is 9.93. The van der Waals surface area contributed by atoms with Gasteiger partial charge in [0.25, 0.3) is 0 Å². The van der Waals surface area contributed by atoms with E-state index >= 15 is 0 Å². The number of likely N-dealkylation sites (N-methyl/N-ethyl adjacent to an activating group) is 1. The van der Waals surface area contributed by atoms with E-state index in [4.69, 9.17) is 24.0 Å². The van der Waals surface area contributed by atoms with E-state index in [-0.39, 0.29) is 18.2 Å². The van der Waals surface area contributed by atoms with Crippen molar-refractivity contribution in [3.63, 3.8) is 0 Å². The van der Waals surface area contributed by atoms with Crippen LogP contribution in [0.15, 0.2) is 28.8 Å². The van der Waals surface area contributed by atoms with E-state index in [0.717, 1.165) is 46.7 Å². The normalized spacial score (nSPS) is 18.1. The Morgan fingerprint density at radius 1 is 1.22 bits per heavy atom. The van der Waals surface area contributed by atoms with Gasteiger partial charge in [-0.25, -0.2) is 9.97 Å². The fourth-order valence-electron chi connectivity index (χ4n) is 4.61. The second-order valence-electron chi connectivity index (χ2n) is 10.1. The van der Waals surface area contributed by atoms with Gasteiger partial charge in [-0.05, 0) is 66.6 Å². The van der Waals surface area contributed by atoms with Gasteiger partial charge in [0.15, 0.2) is 5.82 Å². The van der Waals surface area contributed by atoms with Crippen LogP contribution in [0.2, 0.25) is 0 Å². The Morgan fingerprint density at radius 3 is 2.72 bits per heavy atom. The van der Waals surface area contributed by atoms with Crippen LogP contribution in [-0.2, 0) is 4.74 Å². The van der Waals surface area contributed by atoms with Gasteiger partial charge in [0.1, 0.15) is 30.0 Å². The number of rotatable bonds is 9. The summed E-state index contributed by atoms with van der Waals surface area (Å²) in [4.78, 5) is 9.92. The predicted molar refractivity (Wildman–Crippen MR) is 139 cm³/mol. The molecule has 0 aliphatic carbocycles. The summed E-state index contributed by atoms with van der Waals surface area (Å²) in [5.41, 5.74) is 4.04. The van der Waals surface area contributed by atoms with Gasteiger partial charge < -0.3 is 29.7 Å². The zero-order chi connectivity index (χ0) is 25.9.